The summed E-state index contributed by atoms with van der Waals surface area (Å²) in [5.41, 5.74) is 2.44. The smallest absolute Gasteiger partial charge is 0.243 e. The summed E-state index contributed by atoms with van der Waals surface area (Å²) < 4.78 is 32.6. The second-order valence-corrected chi connectivity index (χ2v) is 8.09. The van der Waals surface area contributed by atoms with Crippen LogP contribution in [0.3, 0.4) is 0 Å². The van der Waals surface area contributed by atoms with E-state index in [1.54, 1.807) is 23.2 Å². The number of hydrogen-bond acceptors (Lipinski definition) is 4. The van der Waals surface area contributed by atoms with Gasteiger partial charge in [-0.05, 0) is 43.5 Å². The molecule has 2 rings (SSSR count). The third kappa shape index (κ3) is 2.69. The van der Waals surface area contributed by atoms with Gasteiger partial charge in [-0.3, -0.25) is 0 Å². The minimum Gasteiger partial charge on any atom is -0.496 e. The summed E-state index contributed by atoms with van der Waals surface area (Å²) in [6.07, 6.45) is 0. The van der Waals surface area contributed by atoms with Crippen molar-refractivity contribution >= 4 is 21.8 Å². The van der Waals surface area contributed by atoms with Crippen LogP contribution in [-0.4, -0.2) is 44.4 Å². The third-order valence-electron chi connectivity index (χ3n) is 3.77. The van der Waals surface area contributed by atoms with Gasteiger partial charge in [0.05, 0.1) is 12.0 Å². The summed E-state index contributed by atoms with van der Waals surface area (Å²) in [5, 5.41) is 0. The van der Waals surface area contributed by atoms with E-state index in [1.807, 2.05) is 26.8 Å². The molecule has 1 aliphatic rings. The highest BCUT2D eigenvalue weighted by atomic mass is 32.2. The first-order chi connectivity index (χ1) is 9.39. The number of benzene rings is 1. The van der Waals surface area contributed by atoms with Crippen molar-refractivity contribution < 1.29 is 13.2 Å². The van der Waals surface area contributed by atoms with Gasteiger partial charge in [0.15, 0.2) is 0 Å². The highest BCUT2D eigenvalue weighted by Gasteiger charge is 2.30. The summed E-state index contributed by atoms with van der Waals surface area (Å²) in [5.74, 6) is 2.48. The molecule has 0 spiro atoms. The van der Waals surface area contributed by atoms with Crippen molar-refractivity contribution in [2.75, 3.05) is 31.7 Å². The number of rotatable bonds is 3. The van der Waals surface area contributed by atoms with Gasteiger partial charge in [-0.1, -0.05) is 0 Å². The Labute approximate surface area is 125 Å². The van der Waals surface area contributed by atoms with E-state index in [-0.39, 0.29) is 0 Å². The lowest BCUT2D eigenvalue weighted by Crippen LogP contribution is -2.38. The molecule has 1 heterocycles. The highest BCUT2D eigenvalue weighted by molar-refractivity contribution is 7.99. The van der Waals surface area contributed by atoms with E-state index < -0.39 is 10.0 Å². The average molecular weight is 315 g/mol. The van der Waals surface area contributed by atoms with Gasteiger partial charge in [0, 0.05) is 24.6 Å². The number of methoxy groups -OCH3 is 1. The van der Waals surface area contributed by atoms with Crippen molar-refractivity contribution in [1.82, 2.24) is 4.31 Å². The fraction of sp³-hybridized carbons (Fsp3) is 0.571. The Kier molecular flexibility index (Phi) is 4.66. The van der Waals surface area contributed by atoms with E-state index >= 15 is 0 Å². The van der Waals surface area contributed by atoms with Crippen molar-refractivity contribution in [2.24, 2.45) is 0 Å². The molecule has 4 nitrogen and oxygen atoms in total. The van der Waals surface area contributed by atoms with Crippen molar-refractivity contribution in [3.8, 4) is 5.75 Å². The van der Waals surface area contributed by atoms with Gasteiger partial charge in [0.1, 0.15) is 5.75 Å². The number of aryl methyl sites for hydroxylation is 1. The molecule has 0 radical (unpaired) electrons. The maximum absolute atomic E-state index is 12.9. The molecule has 0 atom stereocenters. The molecule has 0 unspecified atom stereocenters. The number of sulfonamides is 1. The van der Waals surface area contributed by atoms with Crippen molar-refractivity contribution in [1.29, 1.82) is 0 Å². The van der Waals surface area contributed by atoms with E-state index in [0.717, 1.165) is 33.9 Å². The summed E-state index contributed by atoms with van der Waals surface area (Å²) >= 11 is 1.80. The largest absolute Gasteiger partial charge is 0.496 e. The number of ether oxygens (including phenoxy) is 1. The van der Waals surface area contributed by atoms with Crippen molar-refractivity contribution in [3.05, 3.63) is 22.8 Å². The fourth-order valence-corrected chi connectivity index (χ4v) is 5.61. The Morgan fingerprint density at radius 3 is 2.30 bits per heavy atom. The van der Waals surface area contributed by atoms with Crippen LogP contribution in [0, 0.1) is 20.8 Å². The molecule has 1 aromatic carbocycles. The summed E-state index contributed by atoms with van der Waals surface area (Å²) in [6, 6.07) is 1.81. The summed E-state index contributed by atoms with van der Waals surface area (Å²) in [4.78, 5) is 0.447. The first kappa shape index (κ1) is 15.7. The van der Waals surface area contributed by atoms with Crippen LogP contribution in [0.2, 0.25) is 0 Å². The minimum atomic E-state index is -3.41. The quantitative estimate of drug-likeness (QED) is 0.859. The molecule has 1 aromatic rings. The lowest BCUT2D eigenvalue weighted by Gasteiger charge is -2.27. The van der Waals surface area contributed by atoms with Crippen LogP contribution in [0.4, 0.5) is 0 Å². The second-order valence-electron chi connectivity index (χ2n) is 4.99. The molecule has 6 heteroatoms. The predicted molar refractivity (Wildman–Crippen MR) is 83.3 cm³/mol. The highest BCUT2D eigenvalue weighted by Crippen LogP contribution is 2.32. The van der Waals surface area contributed by atoms with Crippen LogP contribution in [0.25, 0.3) is 0 Å². The molecule has 0 bridgehead atoms. The maximum atomic E-state index is 12.9. The lowest BCUT2D eigenvalue weighted by molar-refractivity contribution is 0.409. The van der Waals surface area contributed by atoms with Crippen molar-refractivity contribution in [3.63, 3.8) is 0 Å². The molecule has 20 heavy (non-hydrogen) atoms. The SMILES string of the molecule is COc1cc(C)c(S(=O)(=O)N2CCSCC2)c(C)c1C. The number of thioether (sulfide) groups is 1. The van der Waals surface area contributed by atoms with Crippen molar-refractivity contribution in [2.45, 2.75) is 25.7 Å². The van der Waals surface area contributed by atoms with Gasteiger partial charge in [0.2, 0.25) is 10.0 Å². The molecule has 112 valence electrons. The zero-order valence-corrected chi connectivity index (χ0v) is 14.0. The molecule has 0 aromatic heterocycles. The Morgan fingerprint density at radius 2 is 1.75 bits per heavy atom. The molecule has 1 fully saturated rings. The topological polar surface area (TPSA) is 46.6 Å². The standard InChI is InChI=1S/C14H21NO3S2/c1-10-9-13(18-4)11(2)12(3)14(10)20(16,17)15-5-7-19-8-6-15/h9H,5-8H2,1-4H3. The number of nitrogens with zero attached hydrogens (tertiary/aromatic N) is 1. The Morgan fingerprint density at radius 1 is 1.15 bits per heavy atom. The molecular formula is C14H21NO3S2. The van der Waals surface area contributed by atoms with Crippen LogP contribution in [0.1, 0.15) is 16.7 Å². The maximum Gasteiger partial charge on any atom is 0.243 e. The van der Waals surface area contributed by atoms with E-state index in [0.29, 0.717) is 18.0 Å². The van der Waals surface area contributed by atoms with Gasteiger partial charge < -0.3 is 4.74 Å². The van der Waals surface area contributed by atoms with E-state index in [9.17, 15) is 8.42 Å². The van der Waals surface area contributed by atoms with Crippen LogP contribution >= 0.6 is 11.8 Å². The van der Waals surface area contributed by atoms with Gasteiger partial charge >= 0.3 is 0 Å². The zero-order valence-electron chi connectivity index (χ0n) is 12.4. The third-order valence-corrected chi connectivity index (χ3v) is 6.90. The average Bonchev–Trinajstić information content (AvgIpc) is 2.43. The minimum absolute atomic E-state index is 0.447. The molecule has 0 aliphatic carbocycles. The monoisotopic (exact) mass is 315 g/mol. The molecule has 0 amide bonds. The van der Waals surface area contributed by atoms with E-state index in [4.69, 9.17) is 4.74 Å². The lowest BCUT2D eigenvalue weighted by atomic mass is 10.1. The summed E-state index contributed by atoms with van der Waals surface area (Å²) in [7, 11) is -1.80. The molecule has 0 saturated carbocycles. The Bertz CT molecular complexity index is 605. The molecule has 1 saturated heterocycles. The van der Waals surface area contributed by atoms with Gasteiger partial charge in [0.25, 0.3) is 0 Å². The molecular weight excluding hydrogens is 294 g/mol. The first-order valence-electron chi connectivity index (χ1n) is 6.62. The van der Waals surface area contributed by atoms with E-state index in [2.05, 4.69) is 0 Å². The van der Waals surface area contributed by atoms with Crippen LogP contribution in [0.5, 0.6) is 5.75 Å². The van der Waals surface area contributed by atoms with Gasteiger partial charge in [-0.15, -0.1) is 0 Å². The van der Waals surface area contributed by atoms with Crippen LogP contribution in [-0.2, 0) is 10.0 Å². The Hall–Kier alpha value is -0.720. The normalized spacial score (nSPS) is 17.2. The van der Waals surface area contributed by atoms with Crippen LogP contribution < -0.4 is 4.74 Å². The predicted octanol–water partition coefficient (Wildman–Crippen LogP) is 2.36. The zero-order chi connectivity index (χ0) is 14.9. The molecule has 1 aliphatic heterocycles. The number of hydrogen-bond donors (Lipinski definition) is 0. The molecule has 0 N–H and O–H groups in total. The second kappa shape index (κ2) is 5.95. The fourth-order valence-electron chi connectivity index (χ4n) is 2.55. The van der Waals surface area contributed by atoms with Gasteiger partial charge in [-0.25, -0.2) is 8.42 Å². The van der Waals surface area contributed by atoms with E-state index in [1.165, 1.54) is 0 Å². The Balaban J connectivity index is 2.54. The van der Waals surface area contributed by atoms with Crippen LogP contribution in [0.15, 0.2) is 11.0 Å². The summed E-state index contributed by atoms with van der Waals surface area (Å²) in [6.45, 7) is 6.78. The first-order valence-corrected chi connectivity index (χ1v) is 9.21. The van der Waals surface area contributed by atoms with Gasteiger partial charge in [-0.2, -0.15) is 16.1 Å².